The Labute approximate surface area is 178 Å². The number of rotatable bonds is 6. The van der Waals surface area contributed by atoms with E-state index in [2.05, 4.69) is 10.4 Å². The Morgan fingerprint density at radius 3 is 2.37 bits per heavy atom. The second kappa shape index (κ2) is 8.62. The van der Waals surface area contributed by atoms with Crippen molar-refractivity contribution in [1.82, 2.24) is 9.78 Å². The molecular weight excluding hydrogens is 402 g/mol. The minimum Gasteiger partial charge on any atom is -0.462 e. The van der Waals surface area contributed by atoms with Gasteiger partial charge in [-0.15, -0.1) is 11.3 Å². The van der Waals surface area contributed by atoms with E-state index in [0.29, 0.717) is 32.4 Å². The minimum absolute atomic E-state index is 0.173. The third-order valence-corrected chi connectivity index (χ3v) is 6.00. The van der Waals surface area contributed by atoms with E-state index in [-0.39, 0.29) is 18.0 Å². The highest BCUT2D eigenvalue weighted by atomic mass is 32.1. The van der Waals surface area contributed by atoms with Crippen molar-refractivity contribution in [3.05, 3.63) is 63.3 Å². The number of aromatic nitrogens is 2. The lowest BCUT2D eigenvalue weighted by molar-refractivity contribution is 0.0527. The van der Waals surface area contributed by atoms with Gasteiger partial charge in [-0.3, -0.25) is 9.59 Å². The SMILES string of the molecule is CCOC(=O)c1c(NC(=O)c2c(C)nn(-c3ccccc3)c2C)sc(C(C)=O)c1C. The minimum atomic E-state index is -0.567. The van der Waals surface area contributed by atoms with Crippen LogP contribution in [0.15, 0.2) is 30.3 Å². The number of thiophene rings is 1. The first-order valence-corrected chi connectivity index (χ1v) is 10.3. The summed E-state index contributed by atoms with van der Waals surface area (Å²) in [5.74, 6) is -1.13. The molecule has 0 saturated carbocycles. The molecule has 0 aliphatic heterocycles. The lowest BCUT2D eigenvalue weighted by Gasteiger charge is -2.08. The fourth-order valence-corrected chi connectivity index (χ4v) is 4.43. The van der Waals surface area contributed by atoms with Gasteiger partial charge in [0.2, 0.25) is 0 Å². The van der Waals surface area contributed by atoms with Gasteiger partial charge in [-0.25, -0.2) is 9.48 Å². The molecule has 0 saturated heterocycles. The zero-order chi connectivity index (χ0) is 22.0. The molecule has 8 heteroatoms. The van der Waals surface area contributed by atoms with Gasteiger partial charge < -0.3 is 10.1 Å². The quantitative estimate of drug-likeness (QED) is 0.464. The van der Waals surface area contributed by atoms with Gasteiger partial charge in [0.05, 0.1) is 39.7 Å². The van der Waals surface area contributed by atoms with Crippen LogP contribution in [0.3, 0.4) is 0 Å². The molecular formula is C22H23N3O4S. The Morgan fingerprint density at radius 2 is 1.77 bits per heavy atom. The number of nitrogens with zero attached hydrogens (tertiary/aromatic N) is 2. The standard InChI is InChI=1S/C22H23N3O4S/c1-6-29-22(28)17-12(2)19(15(5)26)30-21(17)23-20(27)18-13(3)24-25(14(18)4)16-10-8-7-9-11-16/h7-11H,6H2,1-5H3,(H,23,27). The number of carbonyl (C=O) groups excluding carboxylic acids is 3. The highest BCUT2D eigenvalue weighted by Crippen LogP contribution is 2.34. The summed E-state index contributed by atoms with van der Waals surface area (Å²) in [7, 11) is 0. The molecule has 1 amide bonds. The Kier molecular flexibility index (Phi) is 6.17. The molecule has 0 atom stereocenters. The van der Waals surface area contributed by atoms with E-state index < -0.39 is 11.9 Å². The van der Waals surface area contributed by atoms with Gasteiger partial charge in [-0.1, -0.05) is 18.2 Å². The largest absolute Gasteiger partial charge is 0.462 e. The zero-order valence-corrected chi connectivity index (χ0v) is 18.3. The third-order valence-electron chi connectivity index (χ3n) is 4.69. The number of amides is 1. The van der Waals surface area contributed by atoms with Crippen LogP contribution in [0.4, 0.5) is 5.00 Å². The number of Topliss-reactive ketones (excluding diaryl/α,β-unsaturated/α-hetero) is 1. The molecule has 156 valence electrons. The summed E-state index contributed by atoms with van der Waals surface area (Å²) in [4.78, 5) is 38.0. The number of ether oxygens (including phenoxy) is 1. The second-order valence-corrected chi connectivity index (χ2v) is 7.80. The molecule has 0 fully saturated rings. The average molecular weight is 426 g/mol. The maximum atomic E-state index is 13.1. The van der Waals surface area contributed by atoms with Crippen LogP contribution in [0.25, 0.3) is 5.69 Å². The maximum Gasteiger partial charge on any atom is 0.341 e. The summed E-state index contributed by atoms with van der Waals surface area (Å²) in [6.45, 7) is 8.58. The number of carbonyl (C=O) groups is 3. The zero-order valence-electron chi connectivity index (χ0n) is 17.5. The first kappa shape index (κ1) is 21.4. The third kappa shape index (κ3) is 3.91. The lowest BCUT2D eigenvalue weighted by Crippen LogP contribution is -2.16. The van der Waals surface area contributed by atoms with E-state index in [9.17, 15) is 14.4 Å². The van der Waals surface area contributed by atoms with Crippen LogP contribution in [0.5, 0.6) is 0 Å². The Bertz CT molecular complexity index is 1130. The van der Waals surface area contributed by atoms with E-state index in [1.165, 1.54) is 6.92 Å². The highest BCUT2D eigenvalue weighted by molar-refractivity contribution is 7.18. The van der Waals surface area contributed by atoms with Crippen LogP contribution in [0.1, 0.15) is 61.2 Å². The smallest absolute Gasteiger partial charge is 0.341 e. The fourth-order valence-electron chi connectivity index (χ4n) is 3.34. The summed E-state index contributed by atoms with van der Waals surface area (Å²) < 4.78 is 6.83. The molecule has 0 aliphatic carbocycles. The van der Waals surface area contributed by atoms with Crippen molar-refractivity contribution in [1.29, 1.82) is 0 Å². The molecule has 1 N–H and O–H groups in total. The van der Waals surface area contributed by atoms with Crippen molar-refractivity contribution in [2.45, 2.75) is 34.6 Å². The van der Waals surface area contributed by atoms with Gasteiger partial charge >= 0.3 is 5.97 Å². The number of aryl methyl sites for hydroxylation is 1. The monoisotopic (exact) mass is 425 g/mol. The number of hydrogen-bond acceptors (Lipinski definition) is 6. The molecule has 2 aromatic heterocycles. The van der Waals surface area contributed by atoms with Crippen molar-refractivity contribution in [2.24, 2.45) is 0 Å². The molecule has 0 unspecified atom stereocenters. The van der Waals surface area contributed by atoms with E-state index in [1.807, 2.05) is 37.3 Å². The van der Waals surface area contributed by atoms with Crippen molar-refractivity contribution >= 4 is 34.0 Å². The summed E-state index contributed by atoms with van der Waals surface area (Å²) in [6, 6.07) is 9.51. The molecule has 0 spiro atoms. The second-order valence-electron chi connectivity index (χ2n) is 6.78. The number of esters is 1. The molecule has 3 aromatic rings. The molecule has 30 heavy (non-hydrogen) atoms. The van der Waals surface area contributed by atoms with Gasteiger partial charge in [0, 0.05) is 0 Å². The molecule has 7 nitrogen and oxygen atoms in total. The van der Waals surface area contributed by atoms with Crippen LogP contribution in [0, 0.1) is 20.8 Å². The Morgan fingerprint density at radius 1 is 1.10 bits per heavy atom. The Hall–Kier alpha value is -3.26. The average Bonchev–Trinajstić information content (AvgIpc) is 3.18. The van der Waals surface area contributed by atoms with E-state index in [0.717, 1.165) is 17.0 Å². The lowest BCUT2D eigenvalue weighted by atomic mass is 10.1. The first-order valence-electron chi connectivity index (χ1n) is 9.50. The molecule has 2 heterocycles. The van der Waals surface area contributed by atoms with E-state index in [1.54, 1.807) is 25.5 Å². The molecule has 3 rings (SSSR count). The number of ketones is 1. The maximum absolute atomic E-state index is 13.1. The van der Waals surface area contributed by atoms with Gasteiger partial charge in [-0.05, 0) is 52.3 Å². The Balaban J connectivity index is 2.01. The number of para-hydroxylation sites is 1. The number of nitrogens with one attached hydrogen (secondary N) is 1. The fraction of sp³-hybridized carbons (Fsp3) is 0.273. The van der Waals surface area contributed by atoms with Crippen LogP contribution in [-0.2, 0) is 4.74 Å². The molecule has 0 radical (unpaired) electrons. The van der Waals surface area contributed by atoms with Gasteiger partial charge in [0.15, 0.2) is 5.78 Å². The first-order chi connectivity index (χ1) is 14.3. The normalized spacial score (nSPS) is 10.7. The van der Waals surface area contributed by atoms with Crippen LogP contribution in [-0.4, -0.2) is 34.0 Å². The van der Waals surface area contributed by atoms with Crippen molar-refractivity contribution in [2.75, 3.05) is 11.9 Å². The summed E-state index contributed by atoms with van der Waals surface area (Å²) in [5, 5.41) is 7.60. The number of benzene rings is 1. The van der Waals surface area contributed by atoms with Crippen molar-refractivity contribution < 1.29 is 19.1 Å². The van der Waals surface area contributed by atoms with Crippen molar-refractivity contribution in [3.63, 3.8) is 0 Å². The topological polar surface area (TPSA) is 90.3 Å². The predicted molar refractivity (Wildman–Crippen MR) is 116 cm³/mol. The van der Waals surface area contributed by atoms with Crippen LogP contribution in [0.2, 0.25) is 0 Å². The van der Waals surface area contributed by atoms with Crippen LogP contribution >= 0.6 is 11.3 Å². The van der Waals surface area contributed by atoms with Crippen LogP contribution < -0.4 is 5.32 Å². The molecule has 1 aromatic carbocycles. The van der Waals surface area contributed by atoms with Gasteiger partial charge in [-0.2, -0.15) is 5.10 Å². The summed E-state index contributed by atoms with van der Waals surface area (Å²) >= 11 is 1.08. The highest BCUT2D eigenvalue weighted by Gasteiger charge is 2.27. The number of anilines is 1. The van der Waals surface area contributed by atoms with E-state index >= 15 is 0 Å². The predicted octanol–water partition coefficient (Wildman–Crippen LogP) is 4.49. The number of hydrogen-bond donors (Lipinski definition) is 1. The van der Waals surface area contributed by atoms with Crippen molar-refractivity contribution in [3.8, 4) is 5.69 Å². The van der Waals surface area contributed by atoms with Gasteiger partial charge in [0.1, 0.15) is 5.00 Å². The summed E-state index contributed by atoms with van der Waals surface area (Å²) in [6.07, 6.45) is 0. The molecule has 0 bridgehead atoms. The molecule has 0 aliphatic rings. The summed E-state index contributed by atoms with van der Waals surface area (Å²) in [5.41, 5.74) is 3.22. The van der Waals surface area contributed by atoms with Gasteiger partial charge in [0.25, 0.3) is 5.91 Å². The van der Waals surface area contributed by atoms with E-state index in [4.69, 9.17) is 4.74 Å².